The van der Waals surface area contributed by atoms with Crippen molar-refractivity contribution in [1.29, 1.82) is 0 Å². The molecule has 1 aliphatic rings. The maximum Gasteiger partial charge on any atom is 0.0346 e. The zero-order valence-corrected chi connectivity index (χ0v) is 13.8. The minimum Gasteiger partial charge on any atom is -0.304 e. The molecule has 0 aliphatic carbocycles. The fourth-order valence-corrected chi connectivity index (χ4v) is 3.05. The third kappa shape index (κ3) is 3.37. The zero-order valence-electron chi connectivity index (χ0n) is 13.8. The summed E-state index contributed by atoms with van der Waals surface area (Å²) >= 11 is 0. The van der Waals surface area contributed by atoms with E-state index in [4.69, 9.17) is 0 Å². The molecule has 2 aromatic rings. The molecular formula is C19H25N3. The van der Waals surface area contributed by atoms with Gasteiger partial charge in [-0.15, -0.1) is 0 Å². The number of nitrogens with zero attached hydrogens (tertiary/aromatic N) is 3. The first kappa shape index (κ1) is 15.2. The molecule has 0 unspecified atom stereocenters. The van der Waals surface area contributed by atoms with E-state index in [0.29, 0.717) is 0 Å². The predicted octanol–water partition coefficient (Wildman–Crippen LogP) is 3.11. The van der Waals surface area contributed by atoms with Crippen LogP contribution in [0, 0.1) is 13.8 Å². The fraction of sp³-hybridized carbons (Fsp3) is 0.421. The van der Waals surface area contributed by atoms with Gasteiger partial charge in [0.25, 0.3) is 0 Å². The smallest absolute Gasteiger partial charge is 0.0346 e. The van der Waals surface area contributed by atoms with Gasteiger partial charge < -0.3 is 4.90 Å². The van der Waals surface area contributed by atoms with Crippen molar-refractivity contribution in [1.82, 2.24) is 14.8 Å². The molecule has 0 radical (unpaired) electrons. The van der Waals surface area contributed by atoms with Crippen molar-refractivity contribution in [2.24, 2.45) is 0 Å². The molecule has 3 heteroatoms. The van der Waals surface area contributed by atoms with Crippen molar-refractivity contribution in [2.45, 2.75) is 20.4 Å². The van der Waals surface area contributed by atoms with Gasteiger partial charge in [0, 0.05) is 50.7 Å². The van der Waals surface area contributed by atoms with E-state index in [-0.39, 0.29) is 0 Å². The number of likely N-dealkylation sites (N-methyl/N-ethyl adjacent to an activating group) is 1. The number of hydrogen-bond donors (Lipinski definition) is 0. The van der Waals surface area contributed by atoms with E-state index in [0.717, 1.165) is 32.7 Å². The van der Waals surface area contributed by atoms with Gasteiger partial charge in [-0.2, -0.15) is 0 Å². The van der Waals surface area contributed by atoms with Crippen LogP contribution in [0.15, 0.2) is 36.7 Å². The van der Waals surface area contributed by atoms with Crippen molar-refractivity contribution in [3.63, 3.8) is 0 Å². The molecule has 0 saturated carbocycles. The van der Waals surface area contributed by atoms with E-state index in [1.165, 1.54) is 27.8 Å². The van der Waals surface area contributed by atoms with Gasteiger partial charge in [-0.1, -0.05) is 18.2 Å². The summed E-state index contributed by atoms with van der Waals surface area (Å²) in [5, 5.41) is 0. The molecule has 0 bridgehead atoms. The van der Waals surface area contributed by atoms with Gasteiger partial charge in [-0.3, -0.25) is 9.88 Å². The van der Waals surface area contributed by atoms with Crippen LogP contribution in [-0.4, -0.2) is 48.0 Å². The monoisotopic (exact) mass is 295 g/mol. The van der Waals surface area contributed by atoms with Crippen molar-refractivity contribution in [3.05, 3.63) is 53.3 Å². The summed E-state index contributed by atoms with van der Waals surface area (Å²) in [7, 11) is 2.19. The highest BCUT2D eigenvalue weighted by Gasteiger charge is 2.14. The van der Waals surface area contributed by atoms with Crippen molar-refractivity contribution in [3.8, 4) is 11.1 Å². The van der Waals surface area contributed by atoms with E-state index in [2.05, 4.69) is 59.9 Å². The Morgan fingerprint density at radius 1 is 1.05 bits per heavy atom. The second kappa shape index (κ2) is 6.59. The van der Waals surface area contributed by atoms with E-state index in [1.807, 2.05) is 12.4 Å². The maximum absolute atomic E-state index is 4.48. The molecule has 0 spiro atoms. The molecule has 1 aromatic carbocycles. The summed E-state index contributed by atoms with van der Waals surface area (Å²) in [4.78, 5) is 9.38. The quantitative estimate of drug-likeness (QED) is 0.867. The Labute approximate surface area is 133 Å². The highest BCUT2D eigenvalue weighted by molar-refractivity contribution is 5.68. The van der Waals surface area contributed by atoms with Gasteiger partial charge in [0.15, 0.2) is 0 Å². The lowest BCUT2D eigenvalue weighted by atomic mass is 9.97. The molecular weight excluding hydrogens is 270 g/mol. The Kier molecular flexibility index (Phi) is 4.55. The molecule has 1 aromatic heterocycles. The van der Waals surface area contributed by atoms with Crippen LogP contribution in [-0.2, 0) is 6.54 Å². The second-order valence-electron chi connectivity index (χ2n) is 6.41. The molecule has 2 heterocycles. The van der Waals surface area contributed by atoms with E-state index in [1.54, 1.807) is 0 Å². The predicted molar refractivity (Wildman–Crippen MR) is 91.9 cm³/mol. The number of pyridine rings is 1. The van der Waals surface area contributed by atoms with Crippen LogP contribution in [0.3, 0.4) is 0 Å². The largest absolute Gasteiger partial charge is 0.304 e. The van der Waals surface area contributed by atoms with Crippen molar-refractivity contribution >= 4 is 0 Å². The van der Waals surface area contributed by atoms with Gasteiger partial charge in [0.1, 0.15) is 0 Å². The standard InChI is InChI=1S/C19H25N3/c1-15-5-4-6-19(16(15)2)18-11-17(12-20-13-18)14-22-9-7-21(3)8-10-22/h4-6,11-13H,7-10,14H2,1-3H3. The highest BCUT2D eigenvalue weighted by atomic mass is 15.2. The number of rotatable bonds is 3. The van der Waals surface area contributed by atoms with E-state index in [9.17, 15) is 0 Å². The number of piperazine rings is 1. The van der Waals surface area contributed by atoms with Gasteiger partial charge >= 0.3 is 0 Å². The van der Waals surface area contributed by atoms with E-state index >= 15 is 0 Å². The van der Waals surface area contributed by atoms with Crippen LogP contribution in [0.4, 0.5) is 0 Å². The molecule has 1 fully saturated rings. The lowest BCUT2D eigenvalue weighted by Crippen LogP contribution is -2.43. The van der Waals surface area contributed by atoms with Crippen LogP contribution in [0.1, 0.15) is 16.7 Å². The normalized spacial score (nSPS) is 16.9. The van der Waals surface area contributed by atoms with Crippen LogP contribution in [0.5, 0.6) is 0 Å². The summed E-state index contributed by atoms with van der Waals surface area (Å²) in [6.45, 7) is 9.96. The van der Waals surface area contributed by atoms with Crippen LogP contribution >= 0.6 is 0 Å². The summed E-state index contributed by atoms with van der Waals surface area (Å²) in [5.41, 5.74) is 6.52. The Morgan fingerprint density at radius 3 is 2.59 bits per heavy atom. The summed E-state index contributed by atoms with van der Waals surface area (Å²) < 4.78 is 0. The summed E-state index contributed by atoms with van der Waals surface area (Å²) in [6, 6.07) is 8.79. The molecule has 116 valence electrons. The third-order valence-electron chi connectivity index (χ3n) is 4.71. The second-order valence-corrected chi connectivity index (χ2v) is 6.41. The first-order chi connectivity index (χ1) is 10.6. The Bertz CT molecular complexity index is 643. The Morgan fingerprint density at radius 2 is 1.82 bits per heavy atom. The Balaban J connectivity index is 1.79. The lowest BCUT2D eigenvalue weighted by Gasteiger charge is -2.32. The van der Waals surface area contributed by atoms with Crippen molar-refractivity contribution in [2.75, 3.05) is 33.2 Å². The third-order valence-corrected chi connectivity index (χ3v) is 4.71. The molecule has 22 heavy (non-hydrogen) atoms. The molecule has 0 N–H and O–H groups in total. The average molecular weight is 295 g/mol. The van der Waals surface area contributed by atoms with Crippen molar-refractivity contribution < 1.29 is 0 Å². The molecule has 1 aliphatic heterocycles. The Hall–Kier alpha value is -1.71. The van der Waals surface area contributed by atoms with Gasteiger partial charge in [0.05, 0.1) is 0 Å². The van der Waals surface area contributed by atoms with E-state index < -0.39 is 0 Å². The highest BCUT2D eigenvalue weighted by Crippen LogP contribution is 2.25. The lowest BCUT2D eigenvalue weighted by molar-refractivity contribution is 0.148. The first-order valence-electron chi connectivity index (χ1n) is 8.05. The molecule has 3 nitrogen and oxygen atoms in total. The molecule has 0 atom stereocenters. The average Bonchev–Trinajstić information content (AvgIpc) is 2.53. The summed E-state index contributed by atoms with van der Waals surface area (Å²) in [5.74, 6) is 0. The maximum atomic E-state index is 4.48. The number of aromatic nitrogens is 1. The SMILES string of the molecule is Cc1cccc(-c2cncc(CN3CCN(C)CC3)c2)c1C. The number of benzene rings is 1. The van der Waals surface area contributed by atoms with Crippen LogP contribution in [0.2, 0.25) is 0 Å². The minimum atomic E-state index is 1.000. The van der Waals surface area contributed by atoms with Gasteiger partial charge in [-0.05, 0) is 49.2 Å². The molecule has 3 rings (SSSR count). The number of aryl methyl sites for hydroxylation is 1. The van der Waals surface area contributed by atoms with Crippen LogP contribution < -0.4 is 0 Å². The fourth-order valence-electron chi connectivity index (χ4n) is 3.05. The van der Waals surface area contributed by atoms with Gasteiger partial charge in [0.2, 0.25) is 0 Å². The zero-order chi connectivity index (χ0) is 15.5. The van der Waals surface area contributed by atoms with Gasteiger partial charge in [-0.25, -0.2) is 0 Å². The first-order valence-corrected chi connectivity index (χ1v) is 8.05. The topological polar surface area (TPSA) is 19.4 Å². The van der Waals surface area contributed by atoms with Crippen LogP contribution in [0.25, 0.3) is 11.1 Å². The summed E-state index contributed by atoms with van der Waals surface area (Å²) in [6.07, 6.45) is 3.99. The number of hydrogen-bond acceptors (Lipinski definition) is 3. The molecule has 1 saturated heterocycles. The minimum absolute atomic E-state index is 1.000. The molecule has 0 amide bonds.